The number of hydrogen-bond acceptors (Lipinski definition) is 2. The van der Waals surface area contributed by atoms with Crippen LogP contribution in [-0.4, -0.2) is 20.7 Å². The Morgan fingerprint density at radius 2 is 2.31 bits per heavy atom. The van der Waals surface area contributed by atoms with Crippen LogP contribution in [0.15, 0.2) is 6.33 Å². The molecule has 0 aromatic carbocycles. The molecule has 0 radical (unpaired) electrons. The van der Waals surface area contributed by atoms with Gasteiger partial charge in [-0.2, -0.15) is 0 Å². The van der Waals surface area contributed by atoms with Crippen molar-refractivity contribution in [3.8, 4) is 0 Å². The van der Waals surface area contributed by atoms with E-state index in [0.29, 0.717) is 6.54 Å². The van der Waals surface area contributed by atoms with Crippen molar-refractivity contribution in [3.63, 3.8) is 0 Å². The van der Waals surface area contributed by atoms with Crippen molar-refractivity contribution in [2.45, 2.75) is 25.3 Å². The molecule has 1 aromatic heterocycles. The molecule has 0 unspecified atom stereocenters. The lowest BCUT2D eigenvalue weighted by Gasteiger charge is -2.34. The third-order valence-corrected chi connectivity index (χ3v) is 2.49. The van der Waals surface area contributed by atoms with Crippen molar-refractivity contribution in [1.82, 2.24) is 14.8 Å². The molecule has 13 heavy (non-hydrogen) atoms. The Kier molecular flexibility index (Phi) is 1.98. The van der Waals surface area contributed by atoms with Gasteiger partial charge in [0.05, 0.1) is 0 Å². The van der Waals surface area contributed by atoms with E-state index in [1.165, 1.54) is 6.33 Å². The normalized spacial score (nSPS) is 21.5. The number of hydrogen-bond donors (Lipinski definition) is 0. The predicted molar refractivity (Wildman–Crippen MR) is 42.7 cm³/mol. The molecular formula is C7H8ClF2N3. The molecule has 72 valence electrons. The fraction of sp³-hybridized carbons (Fsp3) is 0.714. The van der Waals surface area contributed by atoms with Crippen LogP contribution < -0.4 is 0 Å². The standard InChI is InChI=1S/C7H8ClF2N3/c8-6-12-11-4-13(6)3-5-1-7(9,10)2-5/h4-5H,1-3H2. The molecule has 0 saturated heterocycles. The molecule has 1 aliphatic carbocycles. The highest BCUT2D eigenvalue weighted by Crippen LogP contribution is 2.43. The summed E-state index contributed by atoms with van der Waals surface area (Å²) in [5.41, 5.74) is 0. The summed E-state index contributed by atoms with van der Waals surface area (Å²) in [5, 5.41) is 7.38. The topological polar surface area (TPSA) is 30.7 Å². The van der Waals surface area contributed by atoms with Crippen molar-refractivity contribution in [2.24, 2.45) is 5.92 Å². The Labute approximate surface area is 78.7 Å². The average Bonchev–Trinajstić information content (AvgIpc) is 2.33. The van der Waals surface area contributed by atoms with E-state index >= 15 is 0 Å². The second kappa shape index (κ2) is 2.90. The van der Waals surface area contributed by atoms with Crippen LogP contribution in [-0.2, 0) is 6.54 Å². The fourth-order valence-electron chi connectivity index (χ4n) is 1.56. The van der Waals surface area contributed by atoms with Gasteiger partial charge in [-0.15, -0.1) is 10.2 Å². The van der Waals surface area contributed by atoms with Crippen molar-refractivity contribution < 1.29 is 8.78 Å². The van der Waals surface area contributed by atoms with Crippen LogP contribution in [0.3, 0.4) is 0 Å². The van der Waals surface area contributed by atoms with E-state index in [0.717, 1.165) is 0 Å². The molecule has 0 atom stereocenters. The van der Waals surface area contributed by atoms with E-state index in [-0.39, 0.29) is 24.0 Å². The zero-order valence-electron chi connectivity index (χ0n) is 6.75. The Balaban J connectivity index is 1.91. The van der Waals surface area contributed by atoms with Crippen molar-refractivity contribution in [1.29, 1.82) is 0 Å². The molecular weight excluding hydrogens is 200 g/mol. The molecule has 1 heterocycles. The summed E-state index contributed by atoms with van der Waals surface area (Å²) in [7, 11) is 0. The molecule has 1 fully saturated rings. The lowest BCUT2D eigenvalue weighted by molar-refractivity contribution is -0.114. The molecule has 0 bridgehead atoms. The first kappa shape index (κ1) is 8.87. The number of nitrogens with zero attached hydrogens (tertiary/aromatic N) is 3. The number of halogens is 3. The molecule has 0 N–H and O–H groups in total. The number of alkyl halides is 2. The third-order valence-electron chi connectivity index (χ3n) is 2.20. The Morgan fingerprint density at radius 1 is 1.62 bits per heavy atom. The van der Waals surface area contributed by atoms with E-state index in [4.69, 9.17) is 11.6 Å². The largest absolute Gasteiger partial charge is 0.304 e. The first-order valence-corrected chi connectivity index (χ1v) is 4.36. The Morgan fingerprint density at radius 3 is 2.77 bits per heavy atom. The highest BCUT2D eigenvalue weighted by Gasteiger charge is 2.45. The molecule has 0 spiro atoms. The van der Waals surface area contributed by atoms with Gasteiger partial charge in [0.15, 0.2) is 0 Å². The van der Waals surface area contributed by atoms with Gasteiger partial charge < -0.3 is 4.57 Å². The van der Waals surface area contributed by atoms with E-state index in [1.807, 2.05) is 0 Å². The summed E-state index contributed by atoms with van der Waals surface area (Å²) in [6.45, 7) is 0.488. The minimum absolute atomic E-state index is 0.00324. The summed E-state index contributed by atoms with van der Waals surface area (Å²) in [6.07, 6.45) is 1.35. The van der Waals surface area contributed by atoms with Crippen LogP contribution in [0.5, 0.6) is 0 Å². The molecule has 1 saturated carbocycles. The van der Waals surface area contributed by atoms with Gasteiger partial charge in [0.1, 0.15) is 6.33 Å². The lowest BCUT2D eigenvalue weighted by atomic mass is 9.81. The summed E-state index contributed by atoms with van der Waals surface area (Å²) < 4.78 is 26.5. The Bertz CT molecular complexity index is 304. The van der Waals surface area contributed by atoms with Gasteiger partial charge in [-0.25, -0.2) is 8.78 Å². The SMILES string of the molecule is FC1(F)CC(Cn2cnnc2Cl)C1. The monoisotopic (exact) mass is 207 g/mol. The van der Waals surface area contributed by atoms with Crippen LogP contribution in [0.4, 0.5) is 8.78 Å². The zero-order valence-corrected chi connectivity index (χ0v) is 7.51. The molecule has 1 aliphatic rings. The van der Waals surface area contributed by atoms with Gasteiger partial charge >= 0.3 is 0 Å². The highest BCUT2D eigenvalue weighted by molar-refractivity contribution is 6.28. The maximum atomic E-state index is 12.4. The Hall–Kier alpha value is -0.710. The summed E-state index contributed by atoms with van der Waals surface area (Å²) in [4.78, 5) is 0. The molecule has 0 amide bonds. The molecule has 1 aromatic rings. The van der Waals surface area contributed by atoms with Gasteiger partial charge in [-0.1, -0.05) is 0 Å². The second-order valence-electron chi connectivity index (χ2n) is 3.38. The van der Waals surface area contributed by atoms with E-state index < -0.39 is 5.92 Å². The molecule has 0 aliphatic heterocycles. The van der Waals surface area contributed by atoms with Crippen molar-refractivity contribution in [2.75, 3.05) is 0 Å². The maximum absolute atomic E-state index is 12.4. The van der Waals surface area contributed by atoms with Crippen LogP contribution in [0.25, 0.3) is 0 Å². The first-order chi connectivity index (χ1) is 6.07. The van der Waals surface area contributed by atoms with Crippen LogP contribution in [0, 0.1) is 5.92 Å². The van der Waals surface area contributed by atoms with Crippen molar-refractivity contribution >= 4 is 11.6 Å². The van der Waals surface area contributed by atoms with Gasteiger partial charge in [0.2, 0.25) is 11.2 Å². The number of rotatable bonds is 2. The predicted octanol–water partition coefficient (Wildman–Crippen LogP) is 1.98. The summed E-state index contributed by atoms with van der Waals surface area (Å²) >= 11 is 5.64. The smallest absolute Gasteiger partial charge is 0.248 e. The third kappa shape index (κ3) is 1.80. The van der Waals surface area contributed by atoms with Gasteiger partial charge in [-0.05, 0) is 17.5 Å². The zero-order chi connectivity index (χ0) is 9.47. The summed E-state index contributed by atoms with van der Waals surface area (Å²) in [5.74, 6) is -2.46. The van der Waals surface area contributed by atoms with Gasteiger partial charge in [-0.3, -0.25) is 0 Å². The quantitative estimate of drug-likeness (QED) is 0.743. The van der Waals surface area contributed by atoms with Gasteiger partial charge in [0, 0.05) is 19.4 Å². The second-order valence-corrected chi connectivity index (χ2v) is 3.72. The van der Waals surface area contributed by atoms with Crippen LogP contribution in [0.1, 0.15) is 12.8 Å². The fourth-order valence-corrected chi connectivity index (χ4v) is 1.71. The minimum atomic E-state index is -2.47. The highest BCUT2D eigenvalue weighted by atomic mass is 35.5. The number of aromatic nitrogens is 3. The van der Waals surface area contributed by atoms with E-state index in [1.54, 1.807) is 4.57 Å². The molecule has 2 rings (SSSR count). The maximum Gasteiger partial charge on any atom is 0.248 e. The van der Waals surface area contributed by atoms with Crippen LogP contribution >= 0.6 is 11.6 Å². The molecule has 3 nitrogen and oxygen atoms in total. The molecule has 6 heteroatoms. The van der Waals surface area contributed by atoms with Crippen LogP contribution in [0.2, 0.25) is 5.28 Å². The van der Waals surface area contributed by atoms with E-state index in [9.17, 15) is 8.78 Å². The summed E-state index contributed by atoms with van der Waals surface area (Å²) in [6, 6.07) is 0. The lowest BCUT2D eigenvalue weighted by Crippen LogP contribution is -2.37. The van der Waals surface area contributed by atoms with Gasteiger partial charge in [0.25, 0.3) is 0 Å². The van der Waals surface area contributed by atoms with E-state index in [2.05, 4.69) is 10.2 Å². The first-order valence-electron chi connectivity index (χ1n) is 3.98. The average molecular weight is 208 g/mol. The minimum Gasteiger partial charge on any atom is -0.304 e. The van der Waals surface area contributed by atoms with Crippen molar-refractivity contribution in [3.05, 3.63) is 11.6 Å².